The zero-order chi connectivity index (χ0) is 15.4. The van der Waals surface area contributed by atoms with Gasteiger partial charge in [0.15, 0.2) is 0 Å². The molecule has 0 aliphatic heterocycles. The van der Waals surface area contributed by atoms with Gasteiger partial charge in [0.05, 0.1) is 11.3 Å². The summed E-state index contributed by atoms with van der Waals surface area (Å²) in [5.74, 6) is -0.212. The van der Waals surface area contributed by atoms with Crippen LogP contribution >= 0.6 is 43.5 Å². The fraction of sp³-hybridized carbons (Fsp3) is 0.133. The first kappa shape index (κ1) is 16.3. The molecular weight excluding hydrogens is 419 g/mol. The van der Waals surface area contributed by atoms with Crippen molar-refractivity contribution in [1.29, 1.82) is 0 Å². The molecule has 2 aromatic rings. The maximum Gasteiger partial charge on any atom is 0.257 e. The number of carbonyl (C=O) groups is 1. The number of hydrogen-bond donors (Lipinski definition) is 2. The molecular formula is C15H13Br2ClN2O. The SMILES string of the molecule is CCNc1ccc(Cl)cc1C(=O)Nc1ccc(Br)cc1Br. The second-order valence-electron chi connectivity index (χ2n) is 4.30. The first-order valence-electron chi connectivity index (χ1n) is 6.31. The van der Waals surface area contributed by atoms with Crippen LogP contribution < -0.4 is 10.6 Å². The Balaban J connectivity index is 2.29. The van der Waals surface area contributed by atoms with Crippen LogP contribution in [0.15, 0.2) is 45.3 Å². The molecule has 0 bridgehead atoms. The third kappa shape index (κ3) is 4.22. The smallest absolute Gasteiger partial charge is 0.257 e. The van der Waals surface area contributed by atoms with Crippen LogP contribution in [0.1, 0.15) is 17.3 Å². The molecule has 0 unspecified atom stereocenters. The number of anilines is 2. The molecule has 2 aromatic carbocycles. The molecule has 2 rings (SSSR count). The van der Waals surface area contributed by atoms with Crippen LogP contribution in [0.2, 0.25) is 5.02 Å². The lowest BCUT2D eigenvalue weighted by Gasteiger charge is -2.12. The van der Waals surface area contributed by atoms with Crippen LogP contribution in [0, 0.1) is 0 Å². The van der Waals surface area contributed by atoms with E-state index in [4.69, 9.17) is 11.6 Å². The van der Waals surface area contributed by atoms with Crippen LogP contribution in [0.5, 0.6) is 0 Å². The monoisotopic (exact) mass is 430 g/mol. The zero-order valence-corrected chi connectivity index (χ0v) is 15.1. The molecule has 0 heterocycles. The van der Waals surface area contributed by atoms with E-state index in [1.54, 1.807) is 18.2 Å². The molecule has 0 fully saturated rings. The third-order valence-electron chi connectivity index (χ3n) is 2.77. The van der Waals surface area contributed by atoms with Gasteiger partial charge in [0, 0.05) is 26.2 Å². The maximum atomic E-state index is 12.5. The number of carbonyl (C=O) groups excluding carboxylic acids is 1. The van der Waals surface area contributed by atoms with E-state index in [0.717, 1.165) is 21.2 Å². The van der Waals surface area contributed by atoms with Crippen LogP contribution in [0.25, 0.3) is 0 Å². The summed E-state index contributed by atoms with van der Waals surface area (Å²) >= 11 is 12.8. The van der Waals surface area contributed by atoms with Gasteiger partial charge in [-0.3, -0.25) is 4.79 Å². The van der Waals surface area contributed by atoms with Crippen molar-refractivity contribution < 1.29 is 4.79 Å². The summed E-state index contributed by atoms with van der Waals surface area (Å²) in [4.78, 5) is 12.5. The lowest BCUT2D eigenvalue weighted by molar-refractivity contribution is 0.102. The Labute approximate surface area is 145 Å². The van der Waals surface area contributed by atoms with Crippen molar-refractivity contribution in [2.75, 3.05) is 17.2 Å². The summed E-state index contributed by atoms with van der Waals surface area (Å²) in [6.45, 7) is 2.70. The molecule has 6 heteroatoms. The quantitative estimate of drug-likeness (QED) is 0.665. The first-order chi connectivity index (χ1) is 10.0. The van der Waals surface area contributed by atoms with Gasteiger partial charge in [0.2, 0.25) is 0 Å². The van der Waals surface area contributed by atoms with Gasteiger partial charge in [-0.05, 0) is 59.3 Å². The molecule has 0 aliphatic carbocycles. The van der Waals surface area contributed by atoms with Crippen molar-refractivity contribution in [3.05, 3.63) is 55.9 Å². The largest absolute Gasteiger partial charge is 0.385 e. The van der Waals surface area contributed by atoms with E-state index in [1.807, 2.05) is 25.1 Å². The number of hydrogen-bond acceptors (Lipinski definition) is 2. The van der Waals surface area contributed by atoms with Crippen LogP contribution in [0.3, 0.4) is 0 Å². The molecule has 0 radical (unpaired) electrons. The van der Waals surface area contributed by atoms with Gasteiger partial charge in [-0.2, -0.15) is 0 Å². The van der Waals surface area contributed by atoms with Gasteiger partial charge in [-0.25, -0.2) is 0 Å². The zero-order valence-electron chi connectivity index (χ0n) is 11.2. The first-order valence-corrected chi connectivity index (χ1v) is 8.27. The lowest BCUT2D eigenvalue weighted by atomic mass is 10.1. The highest BCUT2D eigenvalue weighted by molar-refractivity contribution is 9.11. The lowest BCUT2D eigenvalue weighted by Crippen LogP contribution is -2.15. The van der Waals surface area contributed by atoms with Crippen molar-refractivity contribution in [1.82, 2.24) is 0 Å². The Morgan fingerprint density at radius 3 is 2.52 bits per heavy atom. The molecule has 3 nitrogen and oxygen atoms in total. The number of nitrogens with one attached hydrogen (secondary N) is 2. The summed E-state index contributed by atoms with van der Waals surface area (Å²) in [6, 6.07) is 10.8. The van der Waals surface area contributed by atoms with Crippen LogP contribution in [0.4, 0.5) is 11.4 Å². The Bertz CT molecular complexity index is 677. The second-order valence-corrected chi connectivity index (χ2v) is 6.50. The van der Waals surface area contributed by atoms with Crippen LogP contribution in [-0.2, 0) is 0 Å². The Morgan fingerprint density at radius 2 is 1.86 bits per heavy atom. The van der Waals surface area contributed by atoms with E-state index >= 15 is 0 Å². The minimum absolute atomic E-state index is 0.212. The Morgan fingerprint density at radius 1 is 1.14 bits per heavy atom. The van der Waals surface area contributed by atoms with E-state index in [0.29, 0.717) is 16.3 Å². The van der Waals surface area contributed by atoms with E-state index < -0.39 is 0 Å². The summed E-state index contributed by atoms with van der Waals surface area (Å²) in [5, 5.41) is 6.55. The van der Waals surface area contributed by atoms with E-state index in [1.165, 1.54) is 0 Å². The Kier molecular flexibility index (Phi) is 5.67. The second kappa shape index (κ2) is 7.29. The van der Waals surface area contributed by atoms with Crippen molar-refractivity contribution in [3.63, 3.8) is 0 Å². The molecule has 0 saturated carbocycles. The number of halogens is 3. The maximum absolute atomic E-state index is 12.5. The number of amides is 1. The highest BCUT2D eigenvalue weighted by atomic mass is 79.9. The van der Waals surface area contributed by atoms with E-state index in [-0.39, 0.29) is 5.91 Å². The number of benzene rings is 2. The normalized spacial score (nSPS) is 10.3. The molecule has 0 spiro atoms. The molecule has 2 N–H and O–H groups in total. The van der Waals surface area contributed by atoms with Crippen molar-refractivity contribution in [2.24, 2.45) is 0 Å². The van der Waals surface area contributed by atoms with Crippen molar-refractivity contribution in [3.8, 4) is 0 Å². The van der Waals surface area contributed by atoms with Crippen molar-refractivity contribution in [2.45, 2.75) is 6.92 Å². The fourth-order valence-corrected chi connectivity index (χ4v) is 3.15. The standard InChI is InChI=1S/C15H13Br2ClN2O/c1-2-19-13-6-4-10(18)8-11(13)15(21)20-14-5-3-9(16)7-12(14)17/h3-8,19H,2H2,1H3,(H,20,21). The minimum Gasteiger partial charge on any atom is -0.385 e. The molecule has 0 saturated heterocycles. The summed E-state index contributed by atoms with van der Waals surface area (Å²) in [6.07, 6.45) is 0. The van der Waals surface area contributed by atoms with Gasteiger partial charge < -0.3 is 10.6 Å². The van der Waals surface area contributed by atoms with E-state index in [2.05, 4.69) is 42.5 Å². The molecule has 21 heavy (non-hydrogen) atoms. The molecule has 0 aliphatic rings. The topological polar surface area (TPSA) is 41.1 Å². The number of rotatable bonds is 4. The highest BCUT2D eigenvalue weighted by Crippen LogP contribution is 2.28. The summed E-state index contributed by atoms with van der Waals surface area (Å²) in [7, 11) is 0. The molecule has 1 amide bonds. The van der Waals surface area contributed by atoms with E-state index in [9.17, 15) is 4.79 Å². The highest BCUT2D eigenvalue weighted by Gasteiger charge is 2.13. The van der Waals surface area contributed by atoms with Crippen molar-refractivity contribution >= 4 is 60.7 Å². The summed E-state index contributed by atoms with van der Waals surface area (Å²) in [5.41, 5.74) is 1.97. The summed E-state index contributed by atoms with van der Waals surface area (Å²) < 4.78 is 1.74. The van der Waals surface area contributed by atoms with Gasteiger partial charge in [0.25, 0.3) is 5.91 Å². The third-order valence-corrected chi connectivity index (χ3v) is 4.16. The van der Waals surface area contributed by atoms with Gasteiger partial charge in [-0.1, -0.05) is 27.5 Å². The average molecular weight is 433 g/mol. The van der Waals surface area contributed by atoms with Gasteiger partial charge in [-0.15, -0.1) is 0 Å². The van der Waals surface area contributed by atoms with Gasteiger partial charge >= 0.3 is 0 Å². The minimum atomic E-state index is -0.212. The fourth-order valence-electron chi connectivity index (χ4n) is 1.83. The van der Waals surface area contributed by atoms with Gasteiger partial charge in [0.1, 0.15) is 0 Å². The Hall–Kier alpha value is -1.04. The predicted octanol–water partition coefficient (Wildman–Crippen LogP) is 5.55. The van der Waals surface area contributed by atoms with Crippen LogP contribution in [-0.4, -0.2) is 12.5 Å². The predicted molar refractivity (Wildman–Crippen MR) is 95.4 cm³/mol. The molecule has 0 aromatic heterocycles. The molecule has 0 atom stereocenters. The average Bonchev–Trinajstić information content (AvgIpc) is 2.44. The molecule has 110 valence electrons.